The molecule has 0 radical (unpaired) electrons. The third-order valence-corrected chi connectivity index (χ3v) is 4.68. The number of methoxy groups -OCH3 is 2. The maximum absolute atomic E-state index is 12.9. The van der Waals surface area contributed by atoms with Crippen molar-refractivity contribution in [2.75, 3.05) is 14.2 Å². The molecule has 0 aliphatic carbocycles. The van der Waals surface area contributed by atoms with E-state index >= 15 is 0 Å². The van der Waals surface area contributed by atoms with Gasteiger partial charge in [-0.1, -0.05) is 11.6 Å². The molecule has 0 unspecified atom stereocenters. The number of ether oxygens (including phenoxy) is 2. The van der Waals surface area contributed by atoms with Crippen LogP contribution in [-0.4, -0.2) is 35.1 Å². The highest BCUT2D eigenvalue weighted by atomic mass is 35.5. The average Bonchev–Trinajstić information content (AvgIpc) is 3.05. The van der Waals surface area contributed by atoms with Crippen molar-refractivity contribution >= 4 is 39.8 Å². The highest BCUT2D eigenvalue weighted by Crippen LogP contribution is 2.27. The second-order valence-electron chi connectivity index (χ2n) is 6.17. The SMILES string of the molecule is COc1ccc(/C=N/n2c(C)nc3c([nH]c4ccc(Cl)cc43)c2=O)cc1OC. The van der Waals surface area contributed by atoms with E-state index in [2.05, 4.69) is 15.1 Å². The van der Waals surface area contributed by atoms with E-state index in [1.165, 1.54) is 4.68 Å². The van der Waals surface area contributed by atoms with Crippen LogP contribution in [0.25, 0.3) is 21.9 Å². The minimum absolute atomic E-state index is 0.286. The number of nitrogens with one attached hydrogen (secondary N) is 1. The van der Waals surface area contributed by atoms with Gasteiger partial charge in [-0.3, -0.25) is 4.79 Å². The molecule has 8 heteroatoms. The number of aryl methyl sites for hydroxylation is 1. The largest absolute Gasteiger partial charge is 0.493 e. The quantitative estimate of drug-likeness (QED) is 0.533. The molecular formula is C20H17ClN4O3. The predicted octanol–water partition coefficient (Wildman–Crippen LogP) is 3.74. The lowest BCUT2D eigenvalue weighted by Gasteiger charge is -2.07. The van der Waals surface area contributed by atoms with E-state index in [0.29, 0.717) is 33.4 Å². The van der Waals surface area contributed by atoms with Crippen LogP contribution >= 0.6 is 11.6 Å². The Labute approximate surface area is 165 Å². The number of rotatable bonds is 4. The zero-order valence-corrected chi connectivity index (χ0v) is 16.2. The third-order valence-electron chi connectivity index (χ3n) is 4.45. The fraction of sp³-hybridized carbons (Fsp3) is 0.150. The minimum atomic E-state index is -0.286. The van der Waals surface area contributed by atoms with Gasteiger partial charge in [0, 0.05) is 15.9 Å². The Balaban J connectivity index is 1.82. The molecule has 0 fully saturated rings. The highest BCUT2D eigenvalue weighted by Gasteiger charge is 2.13. The van der Waals surface area contributed by atoms with Crippen LogP contribution in [-0.2, 0) is 0 Å². The number of H-pyrrole nitrogens is 1. The zero-order chi connectivity index (χ0) is 19.8. The third kappa shape index (κ3) is 2.99. The first-order chi connectivity index (χ1) is 13.5. The van der Waals surface area contributed by atoms with Gasteiger partial charge in [-0.2, -0.15) is 9.78 Å². The molecule has 0 bridgehead atoms. The van der Waals surface area contributed by atoms with E-state index in [1.807, 2.05) is 12.1 Å². The summed E-state index contributed by atoms with van der Waals surface area (Å²) in [6.07, 6.45) is 1.57. The van der Waals surface area contributed by atoms with Crippen LogP contribution in [0.3, 0.4) is 0 Å². The molecule has 142 valence electrons. The van der Waals surface area contributed by atoms with E-state index in [0.717, 1.165) is 16.5 Å². The lowest BCUT2D eigenvalue weighted by atomic mass is 10.2. The van der Waals surface area contributed by atoms with Crippen molar-refractivity contribution in [2.24, 2.45) is 5.10 Å². The van der Waals surface area contributed by atoms with Gasteiger partial charge in [0.25, 0.3) is 5.56 Å². The molecule has 28 heavy (non-hydrogen) atoms. The van der Waals surface area contributed by atoms with Gasteiger partial charge in [-0.25, -0.2) is 4.98 Å². The van der Waals surface area contributed by atoms with Crippen LogP contribution in [0.4, 0.5) is 0 Å². The van der Waals surface area contributed by atoms with Crippen molar-refractivity contribution in [3.8, 4) is 11.5 Å². The number of hydrogen-bond donors (Lipinski definition) is 1. The Kier molecular flexibility index (Phi) is 4.52. The summed E-state index contributed by atoms with van der Waals surface area (Å²) < 4.78 is 11.8. The number of aromatic nitrogens is 3. The maximum Gasteiger partial charge on any atom is 0.298 e. The fourth-order valence-corrected chi connectivity index (χ4v) is 3.25. The summed E-state index contributed by atoms with van der Waals surface area (Å²) >= 11 is 6.08. The minimum Gasteiger partial charge on any atom is -0.493 e. The molecule has 0 spiro atoms. The molecule has 0 saturated carbocycles. The van der Waals surface area contributed by atoms with Crippen LogP contribution in [0.5, 0.6) is 11.5 Å². The zero-order valence-electron chi connectivity index (χ0n) is 15.5. The van der Waals surface area contributed by atoms with Gasteiger partial charge >= 0.3 is 0 Å². The van der Waals surface area contributed by atoms with E-state index in [-0.39, 0.29) is 5.56 Å². The smallest absolute Gasteiger partial charge is 0.298 e. The summed E-state index contributed by atoms with van der Waals surface area (Å²) in [6, 6.07) is 10.8. The Hall–Kier alpha value is -3.32. The number of nitrogens with zero attached hydrogens (tertiary/aromatic N) is 3. The molecule has 0 saturated heterocycles. The van der Waals surface area contributed by atoms with E-state index < -0.39 is 0 Å². The average molecular weight is 397 g/mol. The van der Waals surface area contributed by atoms with Gasteiger partial charge in [0.05, 0.1) is 20.4 Å². The van der Waals surface area contributed by atoms with Gasteiger partial charge in [0.2, 0.25) is 0 Å². The number of benzene rings is 2. The summed E-state index contributed by atoms with van der Waals surface area (Å²) in [5, 5.41) is 5.71. The predicted molar refractivity (Wildman–Crippen MR) is 110 cm³/mol. The molecule has 2 aromatic heterocycles. The molecular weight excluding hydrogens is 380 g/mol. The molecule has 2 aromatic carbocycles. The standard InChI is InChI=1S/C20H17ClN4O3/c1-11-23-18-14-9-13(21)5-6-15(14)24-19(18)20(26)25(11)22-10-12-4-7-16(27-2)17(8-12)28-3/h4-10,24H,1-3H3/b22-10+. The first-order valence-electron chi connectivity index (χ1n) is 8.49. The first kappa shape index (κ1) is 18.1. The van der Waals surface area contributed by atoms with Crippen LogP contribution in [0.2, 0.25) is 5.02 Å². The summed E-state index contributed by atoms with van der Waals surface area (Å²) in [4.78, 5) is 20.6. The molecule has 0 atom stereocenters. The Morgan fingerprint density at radius 2 is 1.93 bits per heavy atom. The van der Waals surface area contributed by atoms with Gasteiger partial charge in [0.1, 0.15) is 16.9 Å². The van der Waals surface area contributed by atoms with Crippen molar-refractivity contribution in [3.63, 3.8) is 0 Å². The summed E-state index contributed by atoms with van der Waals surface area (Å²) in [6.45, 7) is 1.73. The van der Waals surface area contributed by atoms with Crippen LogP contribution in [0, 0.1) is 6.92 Å². The second kappa shape index (κ2) is 7.01. The molecule has 7 nitrogen and oxygen atoms in total. The van der Waals surface area contributed by atoms with E-state index in [9.17, 15) is 4.79 Å². The topological polar surface area (TPSA) is 81.5 Å². The van der Waals surface area contributed by atoms with Crippen LogP contribution in [0.15, 0.2) is 46.3 Å². The fourth-order valence-electron chi connectivity index (χ4n) is 3.08. The lowest BCUT2D eigenvalue weighted by Crippen LogP contribution is -2.20. The molecule has 4 rings (SSSR count). The molecule has 0 amide bonds. The Morgan fingerprint density at radius 1 is 1.14 bits per heavy atom. The number of hydrogen-bond acceptors (Lipinski definition) is 5. The summed E-state index contributed by atoms with van der Waals surface area (Å²) in [5.41, 5.74) is 2.23. The summed E-state index contributed by atoms with van der Waals surface area (Å²) in [5.74, 6) is 1.67. The van der Waals surface area contributed by atoms with Gasteiger partial charge < -0.3 is 14.5 Å². The van der Waals surface area contributed by atoms with Crippen molar-refractivity contribution in [3.05, 3.63) is 63.2 Å². The number of aromatic amines is 1. The van der Waals surface area contributed by atoms with E-state index in [4.69, 9.17) is 21.1 Å². The molecule has 4 aromatic rings. The van der Waals surface area contributed by atoms with Crippen molar-refractivity contribution in [1.29, 1.82) is 0 Å². The van der Waals surface area contributed by atoms with Gasteiger partial charge in [-0.15, -0.1) is 0 Å². The lowest BCUT2D eigenvalue weighted by molar-refractivity contribution is 0.355. The van der Waals surface area contributed by atoms with Gasteiger partial charge in [-0.05, 0) is 48.9 Å². The van der Waals surface area contributed by atoms with Crippen molar-refractivity contribution in [1.82, 2.24) is 14.6 Å². The number of halogens is 1. The summed E-state index contributed by atoms with van der Waals surface area (Å²) in [7, 11) is 3.14. The second-order valence-corrected chi connectivity index (χ2v) is 6.61. The highest BCUT2D eigenvalue weighted by molar-refractivity contribution is 6.31. The molecule has 0 aliphatic heterocycles. The van der Waals surface area contributed by atoms with Crippen LogP contribution in [0.1, 0.15) is 11.4 Å². The van der Waals surface area contributed by atoms with Crippen molar-refractivity contribution in [2.45, 2.75) is 6.92 Å². The van der Waals surface area contributed by atoms with Crippen molar-refractivity contribution < 1.29 is 9.47 Å². The van der Waals surface area contributed by atoms with E-state index in [1.54, 1.807) is 51.6 Å². The van der Waals surface area contributed by atoms with Gasteiger partial charge in [0.15, 0.2) is 11.5 Å². The molecule has 2 heterocycles. The Morgan fingerprint density at radius 3 is 2.68 bits per heavy atom. The normalized spacial score (nSPS) is 11.6. The first-order valence-corrected chi connectivity index (χ1v) is 8.86. The monoisotopic (exact) mass is 396 g/mol. The van der Waals surface area contributed by atoms with Crippen LogP contribution < -0.4 is 15.0 Å². The molecule has 1 N–H and O–H groups in total. The molecule has 0 aliphatic rings. The number of fused-ring (bicyclic) bond motifs is 3. The maximum atomic E-state index is 12.9. The Bertz CT molecular complexity index is 1290.